The van der Waals surface area contributed by atoms with E-state index in [9.17, 15) is 9.59 Å². The SMILES string of the molecule is CN1CCN(C/C=C/C(=O)NCC(=O)Nc2cccc(N)c2)CC1. The number of hydrogen-bond acceptors (Lipinski definition) is 5. The van der Waals surface area contributed by atoms with Crippen molar-refractivity contribution in [3.8, 4) is 0 Å². The number of nitrogens with two attached hydrogens (primary N) is 1. The summed E-state index contributed by atoms with van der Waals surface area (Å²) >= 11 is 0. The summed E-state index contributed by atoms with van der Waals surface area (Å²) in [6, 6.07) is 6.90. The van der Waals surface area contributed by atoms with Crippen molar-refractivity contribution in [2.75, 3.05) is 57.4 Å². The van der Waals surface area contributed by atoms with E-state index < -0.39 is 0 Å². The van der Waals surface area contributed by atoms with Gasteiger partial charge in [-0.1, -0.05) is 12.1 Å². The van der Waals surface area contributed by atoms with Crippen molar-refractivity contribution in [2.24, 2.45) is 0 Å². The van der Waals surface area contributed by atoms with Gasteiger partial charge in [0.05, 0.1) is 6.54 Å². The quantitative estimate of drug-likeness (QED) is 0.509. The lowest BCUT2D eigenvalue weighted by Gasteiger charge is -2.31. The number of carbonyl (C=O) groups is 2. The first-order valence-electron chi connectivity index (χ1n) is 8.03. The number of nitrogens with one attached hydrogen (secondary N) is 2. The summed E-state index contributed by atoms with van der Waals surface area (Å²) in [6.45, 7) is 4.77. The molecule has 24 heavy (non-hydrogen) atoms. The van der Waals surface area contributed by atoms with Gasteiger partial charge < -0.3 is 21.3 Å². The number of rotatable bonds is 6. The minimum atomic E-state index is -0.290. The van der Waals surface area contributed by atoms with Crippen LogP contribution in [0.15, 0.2) is 36.4 Å². The summed E-state index contributed by atoms with van der Waals surface area (Å²) in [5, 5.41) is 5.25. The van der Waals surface area contributed by atoms with Gasteiger partial charge in [-0.25, -0.2) is 0 Å². The van der Waals surface area contributed by atoms with E-state index in [0.29, 0.717) is 11.4 Å². The van der Waals surface area contributed by atoms with Gasteiger partial charge in [-0.15, -0.1) is 0 Å². The minimum absolute atomic E-state index is 0.0769. The zero-order valence-corrected chi connectivity index (χ0v) is 14.0. The van der Waals surface area contributed by atoms with Crippen LogP contribution in [0.4, 0.5) is 11.4 Å². The number of benzene rings is 1. The molecule has 0 aliphatic carbocycles. The summed E-state index contributed by atoms with van der Waals surface area (Å²) in [5.41, 5.74) is 6.83. The predicted octanol–water partition coefficient (Wildman–Crippen LogP) is 0.127. The van der Waals surface area contributed by atoms with E-state index >= 15 is 0 Å². The van der Waals surface area contributed by atoms with Crippen LogP contribution in [0.1, 0.15) is 0 Å². The largest absolute Gasteiger partial charge is 0.399 e. The van der Waals surface area contributed by atoms with Gasteiger partial charge in [-0.3, -0.25) is 14.5 Å². The molecule has 0 saturated carbocycles. The molecule has 7 nitrogen and oxygen atoms in total. The number of nitrogen functional groups attached to an aromatic ring is 1. The first-order valence-corrected chi connectivity index (χ1v) is 8.03. The Labute approximate surface area is 142 Å². The third-order valence-electron chi connectivity index (χ3n) is 3.82. The first kappa shape index (κ1) is 18.0. The Kier molecular flexibility index (Phi) is 6.77. The number of amides is 2. The van der Waals surface area contributed by atoms with Gasteiger partial charge in [-0.05, 0) is 25.2 Å². The van der Waals surface area contributed by atoms with E-state index in [1.807, 2.05) is 6.08 Å². The monoisotopic (exact) mass is 331 g/mol. The van der Waals surface area contributed by atoms with Crippen molar-refractivity contribution >= 4 is 23.2 Å². The van der Waals surface area contributed by atoms with Crippen molar-refractivity contribution in [2.45, 2.75) is 0 Å². The second kappa shape index (κ2) is 9.05. The van der Waals surface area contributed by atoms with Crippen LogP contribution >= 0.6 is 0 Å². The Morgan fingerprint density at radius 1 is 1.25 bits per heavy atom. The van der Waals surface area contributed by atoms with Crippen LogP contribution in [0.25, 0.3) is 0 Å². The fraction of sp³-hybridized carbons (Fsp3) is 0.412. The van der Waals surface area contributed by atoms with E-state index in [4.69, 9.17) is 5.73 Å². The molecule has 0 radical (unpaired) electrons. The second-order valence-electron chi connectivity index (χ2n) is 5.90. The molecule has 0 bridgehead atoms. The van der Waals surface area contributed by atoms with Crippen LogP contribution in [0.3, 0.4) is 0 Å². The molecule has 1 aliphatic rings. The number of nitrogens with zero attached hydrogens (tertiary/aromatic N) is 2. The normalized spacial score (nSPS) is 16.2. The lowest BCUT2D eigenvalue weighted by atomic mass is 10.3. The smallest absolute Gasteiger partial charge is 0.244 e. The fourth-order valence-corrected chi connectivity index (χ4v) is 2.39. The van der Waals surface area contributed by atoms with Crippen LogP contribution in [-0.2, 0) is 9.59 Å². The summed E-state index contributed by atoms with van der Waals surface area (Å²) in [4.78, 5) is 28.1. The zero-order chi connectivity index (χ0) is 17.4. The van der Waals surface area contributed by atoms with E-state index in [-0.39, 0.29) is 18.4 Å². The zero-order valence-electron chi connectivity index (χ0n) is 14.0. The molecule has 1 aromatic carbocycles. The standard InChI is InChI=1S/C17H25N5O2/c1-21-8-10-22(11-9-21)7-3-6-16(23)19-13-17(24)20-15-5-2-4-14(18)12-15/h2-6,12H,7-11,13,18H2,1H3,(H,19,23)(H,20,24)/b6-3+. The summed E-state index contributed by atoms with van der Waals surface area (Å²) in [7, 11) is 2.11. The molecule has 0 atom stereocenters. The van der Waals surface area contributed by atoms with Crippen molar-refractivity contribution < 1.29 is 9.59 Å². The van der Waals surface area contributed by atoms with Gasteiger partial charge in [0.2, 0.25) is 11.8 Å². The molecule has 130 valence electrons. The molecular formula is C17H25N5O2. The van der Waals surface area contributed by atoms with Crippen molar-refractivity contribution in [1.29, 1.82) is 0 Å². The maximum Gasteiger partial charge on any atom is 0.244 e. The molecule has 1 fully saturated rings. The fourth-order valence-electron chi connectivity index (χ4n) is 2.39. The van der Waals surface area contributed by atoms with Crippen LogP contribution in [-0.4, -0.2) is 67.9 Å². The molecule has 2 rings (SSSR count). The number of piperazine rings is 1. The Morgan fingerprint density at radius 3 is 2.71 bits per heavy atom. The van der Waals surface area contributed by atoms with E-state index in [1.165, 1.54) is 6.08 Å². The van der Waals surface area contributed by atoms with Gasteiger partial charge in [0.25, 0.3) is 0 Å². The number of anilines is 2. The maximum atomic E-state index is 11.8. The molecule has 7 heteroatoms. The molecule has 1 saturated heterocycles. The van der Waals surface area contributed by atoms with Gasteiger partial charge in [0.15, 0.2) is 0 Å². The van der Waals surface area contributed by atoms with Crippen LogP contribution in [0, 0.1) is 0 Å². The topological polar surface area (TPSA) is 90.7 Å². The Balaban J connectivity index is 1.65. The highest BCUT2D eigenvalue weighted by atomic mass is 16.2. The van der Waals surface area contributed by atoms with Gasteiger partial charge in [0.1, 0.15) is 0 Å². The van der Waals surface area contributed by atoms with Gasteiger partial charge >= 0.3 is 0 Å². The predicted molar refractivity (Wildman–Crippen MR) is 95.6 cm³/mol. The summed E-state index contributed by atoms with van der Waals surface area (Å²) in [5.74, 6) is -0.562. The minimum Gasteiger partial charge on any atom is -0.399 e. The van der Waals surface area contributed by atoms with Crippen molar-refractivity contribution in [3.63, 3.8) is 0 Å². The lowest BCUT2D eigenvalue weighted by Crippen LogP contribution is -2.44. The maximum absolute atomic E-state index is 11.8. The Morgan fingerprint density at radius 2 is 2.00 bits per heavy atom. The molecule has 2 amide bonds. The first-order chi connectivity index (χ1) is 11.5. The average molecular weight is 331 g/mol. The summed E-state index contributed by atoms with van der Waals surface area (Å²) in [6.07, 6.45) is 3.31. The van der Waals surface area contributed by atoms with Crippen molar-refractivity contribution in [1.82, 2.24) is 15.1 Å². The van der Waals surface area contributed by atoms with E-state index in [0.717, 1.165) is 32.7 Å². The highest BCUT2D eigenvalue weighted by Gasteiger charge is 2.11. The molecule has 1 heterocycles. The average Bonchev–Trinajstić information content (AvgIpc) is 2.55. The van der Waals surface area contributed by atoms with Crippen LogP contribution in [0.5, 0.6) is 0 Å². The molecular weight excluding hydrogens is 306 g/mol. The molecule has 0 spiro atoms. The second-order valence-corrected chi connectivity index (χ2v) is 5.90. The molecule has 0 aromatic heterocycles. The molecule has 1 aliphatic heterocycles. The highest BCUT2D eigenvalue weighted by Crippen LogP contribution is 2.11. The molecule has 1 aromatic rings. The number of hydrogen-bond donors (Lipinski definition) is 3. The number of carbonyl (C=O) groups excluding carboxylic acids is 2. The van der Waals surface area contributed by atoms with E-state index in [2.05, 4.69) is 27.5 Å². The Bertz CT molecular complexity index is 594. The summed E-state index contributed by atoms with van der Waals surface area (Å²) < 4.78 is 0. The lowest BCUT2D eigenvalue weighted by molar-refractivity contribution is -0.121. The number of likely N-dealkylation sites (N-methyl/N-ethyl adjacent to an activating group) is 1. The third kappa shape index (κ3) is 6.39. The van der Waals surface area contributed by atoms with Gasteiger partial charge in [0, 0.05) is 50.2 Å². The molecule has 4 N–H and O–H groups in total. The Hall–Kier alpha value is -2.38. The van der Waals surface area contributed by atoms with Gasteiger partial charge in [-0.2, -0.15) is 0 Å². The third-order valence-corrected chi connectivity index (χ3v) is 3.82. The molecule has 0 unspecified atom stereocenters. The van der Waals surface area contributed by atoms with Crippen LogP contribution in [0.2, 0.25) is 0 Å². The van der Waals surface area contributed by atoms with E-state index in [1.54, 1.807) is 24.3 Å². The van der Waals surface area contributed by atoms with Crippen molar-refractivity contribution in [3.05, 3.63) is 36.4 Å². The van der Waals surface area contributed by atoms with Crippen LogP contribution < -0.4 is 16.4 Å². The highest BCUT2D eigenvalue weighted by molar-refractivity contribution is 5.96.